The Labute approximate surface area is 229 Å². The summed E-state index contributed by atoms with van der Waals surface area (Å²) in [4.78, 5) is 53.3. The number of aromatic carboxylic acids is 2. The minimum absolute atomic E-state index is 0.193. The predicted molar refractivity (Wildman–Crippen MR) is 146 cm³/mol. The Morgan fingerprint density at radius 3 is 2.36 bits per heavy atom. The van der Waals surface area contributed by atoms with Crippen molar-refractivity contribution in [3.8, 4) is 11.3 Å². The van der Waals surface area contributed by atoms with Crippen molar-refractivity contribution in [2.24, 2.45) is 0 Å². The minimum atomic E-state index is -1.43. The summed E-state index contributed by atoms with van der Waals surface area (Å²) in [6.45, 7) is 1.71. The van der Waals surface area contributed by atoms with E-state index in [9.17, 15) is 28.7 Å². The fourth-order valence-electron chi connectivity index (χ4n) is 3.45. The first-order chi connectivity index (χ1) is 18.6. The molecule has 0 radical (unpaired) electrons. The summed E-state index contributed by atoms with van der Waals surface area (Å²) in [5.74, 6) is -4.11. The number of carbonyl (C=O) groups is 4. The number of hydrogen-bond donors (Lipinski definition) is 4. The molecule has 12 heteroatoms. The van der Waals surface area contributed by atoms with E-state index in [1.54, 1.807) is 48.7 Å². The maximum Gasteiger partial charge on any atom is 0.336 e. The van der Waals surface area contributed by atoms with E-state index < -0.39 is 28.7 Å². The first-order valence-electron chi connectivity index (χ1n) is 11.3. The molecule has 0 aliphatic heterocycles. The topological polar surface area (TPSA) is 146 Å². The third-order valence-electron chi connectivity index (χ3n) is 5.39. The first kappa shape index (κ1) is 27.5. The van der Waals surface area contributed by atoms with E-state index >= 15 is 0 Å². The number of halogens is 1. The molecule has 39 heavy (non-hydrogen) atoms. The molecule has 4 aromatic rings. The van der Waals surface area contributed by atoms with Gasteiger partial charge in [-0.05, 0) is 67.6 Å². The van der Waals surface area contributed by atoms with E-state index in [0.29, 0.717) is 21.4 Å². The maximum absolute atomic E-state index is 13.2. The molecular weight excluding hydrogens is 545 g/mol. The smallest absolute Gasteiger partial charge is 0.336 e. The van der Waals surface area contributed by atoms with Crippen LogP contribution in [0.3, 0.4) is 0 Å². The summed E-state index contributed by atoms with van der Waals surface area (Å²) >= 11 is 2.48. The monoisotopic (exact) mass is 565 g/mol. The Hall–Kier alpha value is -4.55. The van der Waals surface area contributed by atoms with Gasteiger partial charge in [0.15, 0.2) is 5.13 Å². The van der Waals surface area contributed by atoms with Crippen molar-refractivity contribution in [2.75, 3.05) is 10.6 Å². The van der Waals surface area contributed by atoms with Gasteiger partial charge in [-0.15, -0.1) is 23.1 Å². The van der Waals surface area contributed by atoms with Gasteiger partial charge in [-0.3, -0.25) is 9.59 Å². The molecule has 1 atom stereocenters. The van der Waals surface area contributed by atoms with Crippen LogP contribution < -0.4 is 10.6 Å². The molecule has 0 saturated carbocycles. The quantitative estimate of drug-likeness (QED) is 0.189. The summed E-state index contributed by atoms with van der Waals surface area (Å²) in [5, 5.41) is 25.5. The molecule has 1 aromatic heterocycles. The van der Waals surface area contributed by atoms with Crippen LogP contribution in [-0.2, 0) is 4.79 Å². The van der Waals surface area contributed by atoms with E-state index in [2.05, 4.69) is 15.6 Å². The van der Waals surface area contributed by atoms with Crippen LogP contribution in [0.4, 0.5) is 15.2 Å². The van der Waals surface area contributed by atoms with Crippen molar-refractivity contribution in [3.63, 3.8) is 0 Å². The average Bonchev–Trinajstić information content (AvgIpc) is 3.37. The van der Waals surface area contributed by atoms with Gasteiger partial charge in [0.25, 0.3) is 5.91 Å². The average molecular weight is 566 g/mol. The SMILES string of the molecule is CC(Sc1cccc(NC(=O)c2ccc(C(=O)O)cc2C(=O)O)c1)C(=O)Nc1nc(-c2ccc(F)cc2)cs1. The fraction of sp³-hybridized carbons (Fsp3) is 0.0741. The number of carbonyl (C=O) groups excluding carboxylic acids is 2. The van der Waals surface area contributed by atoms with Gasteiger partial charge in [-0.25, -0.2) is 19.0 Å². The maximum atomic E-state index is 13.2. The molecule has 2 amide bonds. The molecule has 1 heterocycles. The number of aromatic nitrogens is 1. The molecule has 4 rings (SSSR count). The second-order valence-corrected chi connectivity index (χ2v) is 10.4. The third kappa shape index (κ3) is 6.86. The number of hydrogen-bond acceptors (Lipinski definition) is 7. The number of benzene rings is 3. The number of nitrogens with one attached hydrogen (secondary N) is 2. The molecule has 0 fully saturated rings. The van der Waals surface area contributed by atoms with E-state index in [1.807, 2.05) is 0 Å². The molecular formula is C27H20FN3O6S2. The van der Waals surface area contributed by atoms with E-state index in [0.717, 1.165) is 23.8 Å². The lowest BCUT2D eigenvalue weighted by Crippen LogP contribution is -2.22. The van der Waals surface area contributed by atoms with Crippen molar-refractivity contribution in [1.29, 1.82) is 0 Å². The Morgan fingerprint density at radius 1 is 0.923 bits per heavy atom. The van der Waals surface area contributed by atoms with E-state index in [4.69, 9.17) is 5.11 Å². The summed E-state index contributed by atoms with van der Waals surface area (Å²) < 4.78 is 13.2. The number of amides is 2. The summed E-state index contributed by atoms with van der Waals surface area (Å²) in [6.07, 6.45) is 0. The lowest BCUT2D eigenvalue weighted by Gasteiger charge is -2.12. The zero-order valence-electron chi connectivity index (χ0n) is 20.2. The number of anilines is 2. The summed E-state index contributed by atoms with van der Waals surface area (Å²) in [6, 6.07) is 15.8. The first-order valence-corrected chi connectivity index (χ1v) is 13.1. The van der Waals surface area contributed by atoms with E-state index in [1.165, 1.54) is 35.2 Å². The minimum Gasteiger partial charge on any atom is -0.478 e. The van der Waals surface area contributed by atoms with Gasteiger partial charge in [0, 0.05) is 21.5 Å². The largest absolute Gasteiger partial charge is 0.478 e. The molecule has 0 aliphatic carbocycles. The van der Waals surface area contributed by atoms with Gasteiger partial charge >= 0.3 is 11.9 Å². The van der Waals surface area contributed by atoms with Crippen LogP contribution >= 0.6 is 23.1 Å². The van der Waals surface area contributed by atoms with Crippen molar-refractivity contribution < 1.29 is 33.8 Å². The van der Waals surface area contributed by atoms with Crippen LogP contribution in [0.25, 0.3) is 11.3 Å². The van der Waals surface area contributed by atoms with Crippen LogP contribution in [0.5, 0.6) is 0 Å². The van der Waals surface area contributed by atoms with Gasteiger partial charge in [-0.2, -0.15) is 0 Å². The zero-order valence-corrected chi connectivity index (χ0v) is 21.8. The molecule has 0 spiro atoms. The zero-order chi connectivity index (χ0) is 28.1. The molecule has 0 aliphatic rings. The Kier molecular flexibility index (Phi) is 8.37. The van der Waals surface area contributed by atoms with Crippen LogP contribution in [0.1, 0.15) is 38.0 Å². The number of carboxylic acid groups (broad SMARTS) is 2. The van der Waals surface area contributed by atoms with Crippen LogP contribution in [0.15, 0.2) is 77.0 Å². The van der Waals surface area contributed by atoms with Crippen molar-refractivity contribution in [1.82, 2.24) is 4.98 Å². The lowest BCUT2D eigenvalue weighted by atomic mass is 10.0. The van der Waals surface area contributed by atoms with E-state index in [-0.39, 0.29) is 22.9 Å². The molecule has 4 N–H and O–H groups in total. The van der Waals surface area contributed by atoms with Crippen LogP contribution in [0.2, 0.25) is 0 Å². The van der Waals surface area contributed by atoms with Crippen LogP contribution in [0, 0.1) is 5.82 Å². The molecule has 9 nitrogen and oxygen atoms in total. The Morgan fingerprint density at radius 2 is 1.67 bits per heavy atom. The van der Waals surface area contributed by atoms with Crippen molar-refractivity contribution in [3.05, 3.63) is 94.6 Å². The summed E-state index contributed by atoms with van der Waals surface area (Å²) in [7, 11) is 0. The highest BCUT2D eigenvalue weighted by Crippen LogP contribution is 2.29. The van der Waals surface area contributed by atoms with Crippen LogP contribution in [-0.4, -0.2) is 44.2 Å². The molecule has 3 aromatic carbocycles. The number of thiazole rings is 1. The van der Waals surface area contributed by atoms with Gasteiger partial charge in [0.1, 0.15) is 5.82 Å². The molecule has 1 unspecified atom stereocenters. The second-order valence-electron chi connectivity index (χ2n) is 8.15. The highest BCUT2D eigenvalue weighted by Gasteiger charge is 2.20. The Balaban J connectivity index is 1.40. The molecule has 0 saturated heterocycles. The molecule has 0 bridgehead atoms. The van der Waals surface area contributed by atoms with Crippen molar-refractivity contribution in [2.45, 2.75) is 17.1 Å². The number of nitrogens with zero attached hydrogens (tertiary/aromatic N) is 1. The number of thioether (sulfide) groups is 1. The van der Waals surface area contributed by atoms with Crippen molar-refractivity contribution >= 4 is 57.7 Å². The van der Waals surface area contributed by atoms with Gasteiger partial charge in [0.2, 0.25) is 5.91 Å². The second kappa shape index (κ2) is 11.9. The van der Waals surface area contributed by atoms with Gasteiger partial charge in [0.05, 0.1) is 27.6 Å². The summed E-state index contributed by atoms with van der Waals surface area (Å²) in [5.41, 5.74) is 0.819. The number of rotatable bonds is 9. The lowest BCUT2D eigenvalue weighted by molar-refractivity contribution is -0.115. The highest BCUT2D eigenvalue weighted by atomic mass is 32.2. The van der Waals surface area contributed by atoms with Gasteiger partial charge < -0.3 is 20.8 Å². The third-order valence-corrected chi connectivity index (χ3v) is 7.24. The standard InChI is InChI=1S/C27H20FN3O6S2/c1-14(23(32)31-27-30-22(13-38-27)15-5-8-17(28)9-6-15)39-19-4-2-3-18(12-19)29-24(33)20-10-7-16(25(34)35)11-21(20)26(36)37/h2-14H,1H3,(H,29,33)(H,34,35)(H,36,37)(H,30,31,32). The normalized spacial score (nSPS) is 11.4. The highest BCUT2D eigenvalue weighted by molar-refractivity contribution is 8.00. The Bertz CT molecular complexity index is 1570. The molecule has 198 valence electrons. The van der Waals surface area contributed by atoms with Gasteiger partial charge in [-0.1, -0.05) is 6.07 Å². The number of carboxylic acids is 2. The fourth-order valence-corrected chi connectivity index (χ4v) is 5.10. The predicted octanol–water partition coefficient (Wildman–Crippen LogP) is 5.72.